The number of hydrogen-bond acceptors (Lipinski definition) is 1. The van der Waals surface area contributed by atoms with Gasteiger partial charge >= 0.3 is 0 Å². The fourth-order valence-electron chi connectivity index (χ4n) is 2.87. The Balaban J connectivity index is 2.84. The van der Waals surface area contributed by atoms with Crippen LogP contribution in [0.1, 0.15) is 67.7 Å². The molecule has 18 heavy (non-hydrogen) atoms. The molecule has 1 amide bonds. The number of amides is 1. The van der Waals surface area contributed by atoms with Crippen molar-refractivity contribution in [3.63, 3.8) is 0 Å². The van der Waals surface area contributed by atoms with Gasteiger partial charge in [-0.3, -0.25) is 4.79 Å². The lowest BCUT2D eigenvalue weighted by Crippen LogP contribution is -2.52. The van der Waals surface area contributed by atoms with E-state index in [4.69, 9.17) is 0 Å². The molecule has 0 spiro atoms. The SMILES string of the molecule is CC(C)CC(N1CCC(C)(C)CC1=O)C(C)(C)C. The van der Waals surface area contributed by atoms with Crippen LogP contribution >= 0.6 is 0 Å². The number of carbonyl (C=O) groups excluding carboxylic acids is 1. The fourth-order valence-corrected chi connectivity index (χ4v) is 2.87. The molecule has 0 aromatic carbocycles. The molecule has 1 atom stereocenters. The van der Waals surface area contributed by atoms with E-state index in [1.807, 2.05) is 0 Å². The summed E-state index contributed by atoms with van der Waals surface area (Å²) in [5.74, 6) is 0.990. The Morgan fingerprint density at radius 1 is 1.28 bits per heavy atom. The van der Waals surface area contributed by atoms with E-state index in [0.717, 1.165) is 19.4 Å². The predicted octanol–water partition coefficient (Wildman–Crippen LogP) is 4.10. The molecule has 1 saturated heterocycles. The third-order valence-electron chi connectivity index (χ3n) is 4.05. The van der Waals surface area contributed by atoms with E-state index < -0.39 is 0 Å². The van der Waals surface area contributed by atoms with Gasteiger partial charge in [0.05, 0.1) is 0 Å². The van der Waals surface area contributed by atoms with Gasteiger partial charge in [-0.25, -0.2) is 0 Å². The number of hydrogen-bond donors (Lipinski definition) is 0. The van der Waals surface area contributed by atoms with Crippen LogP contribution in [-0.2, 0) is 4.79 Å². The van der Waals surface area contributed by atoms with Crippen LogP contribution in [-0.4, -0.2) is 23.4 Å². The van der Waals surface area contributed by atoms with Crippen LogP contribution in [0.3, 0.4) is 0 Å². The van der Waals surface area contributed by atoms with Crippen molar-refractivity contribution in [1.29, 1.82) is 0 Å². The van der Waals surface area contributed by atoms with Crippen molar-refractivity contribution in [2.45, 2.75) is 73.8 Å². The van der Waals surface area contributed by atoms with E-state index in [9.17, 15) is 4.79 Å². The lowest BCUT2D eigenvalue weighted by atomic mass is 9.77. The second-order valence-corrected chi connectivity index (χ2v) is 8.19. The van der Waals surface area contributed by atoms with E-state index in [1.54, 1.807) is 0 Å². The number of piperidine rings is 1. The quantitative estimate of drug-likeness (QED) is 0.741. The van der Waals surface area contributed by atoms with Crippen molar-refractivity contribution in [3.05, 3.63) is 0 Å². The average Bonchev–Trinajstić information content (AvgIpc) is 2.11. The van der Waals surface area contributed by atoms with Gasteiger partial charge in [0, 0.05) is 19.0 Å². The summed E-state index contributed by atoms with van der Waals surface area (Å²) >= 11 is 0. The van der Waals surface area contributed by atoms with Crippen molar-refractivity contribution in [2.24, 2.45) is 16.7 Å². The maximum absolute atomic E-state index is 12.4. The summed E-state index contributed by atoms with van der Waals surface area (Å²) in [6, 6.07) is 0.376. The normalized spacial score (nSPS) is 22.4. The molecule has 0 saturated carbocycles. The lowest BCUT2D eigenvalue weighted by Gasteiger charge is -2.46. The number of rotatable bonds is 3. The molecule has 1 fully saturated rings. The Morgan fingerprint density at radius 3 is 2.22 bits per heavy atom. The van der Waals surface area contributed by atoms with Crippen molar-refractivity contribution >= 4 is 5.91 Å². The van der Waals surface area contributed by atoms with Gasteiger partial charge in [-0.15, -0.1) is 0 Å². The third-order valence-corrected chi connectivity index (χ3v) is 4.05. The highest BCUT2D eigenvalue weighted by atomic mass is 16.2. The Kier molecular flexibility index (Phi) is 4.51. The first-order valence-corrected chi connectivity index (χ1v) is 7.32. The molecule has 1 heterocycles. The Hall–Kier alpha value is -0.530. The molecule has 0 bridgehead atoms. The van der Waals surface area contributed by atoms with Crippen LogP contribution in [0.15, 0.2) is 0 Å². The van der Waals surface area contributed by atoms with E-state index in [2.05, 4.69) is 53.4 Å². The molecular weight excluding hydrogens is 222 g/mol. The first-order chi connectivity index (χ1) is 8.03. The third kappa shape index (κ3) is 4.00. The second kappa shape index (κ2) is 5.22. The number of nitrogens with zero attached hydrogens (tertiary/aromatic N) is 1. The van der Waals surface area contributed by atoms with Gasteiger partial charge in [0.15, 0.2) is 0 Å². The maximum atomic E-state index is 12.4. The predicted molar refractivity (Wildman–Crippen MR) is 77.4 cm³/mol. The zero-order valence-electron chi connectivity index (χ0n) is 13.3. The molecule has 1 rings (SSSR count). The summed E-state index contributed by atoms with van der Waals surface area (Å²) in [6.45, 7) is 16.6. The molecular formula is C16H31NO. The minimum atomic E-state index is 0.168. The van der Waals surface area contributed by atoms with Gasteiger partial charge < -0.3 is 4.90 Å². The van der Waals surface area contributed by atoms with Gasteiger partial charge in [-0.2, -0.15) is 0 Å². The lowest BCUT2D eigenvalue weighted by molar-refractivity contribution is -0.143. The highest BCUT2D eigenvalue weighted by molar-refractivity contribution is 5.78. The molecule has 0 aliphatic carbocycles. The molecule has 2 heteroatoms. The molecule has 0 aromatic heterocycles. The molecule has 0 aromatic rings. The van der Waals surface area contributed by atoms with Crippen LogP contribution < -0.4 is 0 Å². The second-order valence-electron chi connectivity index (χ2n) is 8.19. The van der Waals surface area contributed by atoms with Crippen molar-refractivity contribution in [2.75, 3.05) is 6.54 Å². The van der Waals surface area contributed by atoms with Crippen molar-refractivity contribution in [1.82, 2.24) is 4.90 Å². The number of carbonyl (C=O) groups is 1. The smallest absolute Gasteiger partial charge is 0.223 e. The molecule has 106 valence electrons. The Labute approximate surface area is 113 Å². The molecule has 2 nitrogen and oxygen atoms in total. The van der Waals surface area contributed by atoms with E-state index in [1.165, 1.54) is 0 Å². The fraction of sp³-hybridized carbons (Fsp3) is 0.938. The topological polar surface area (TPSA) is 20.3 Å². The molecule has 1 aliphatic rings. The maximum Gasteiger partial charge on any atom is 0.223 e. The monoisotopic (exact) mass is 253 g/mol. The Morgan fingerprint density at radius 2 is 1.83 bits per heavy atom. The summed E-state index contributed by atoms with van der Waals surface area (Å²) in [6.07, 6.45) is 2.94. The van der Waals surface area contributed by atoms with Crippen LogP contribution in [0.25, 0.3) is 0 Å². The summed E-state index contributed by atoms with van der Waals surface area (Å²) in [5, 5.41) is 0. The van der Waals surface area contributed by atoms with Gasteiger partial charge in [0.2, 0.25) is 5.91 Å². The van der Waals surface area contributed by atoms with Gasteiger partial charge in [0.1, 0.15) is 0 Å². The minimum Gasteiger partial charge on any atom is -0.339 e. The van der Waals surface area contributed by atoms with Gasteiger partial charge in [0.25, 0.3) is 0 Å². The highest BCUT2D eigenvalue weighted by Crippen LogP contribution is 2.37. The van der Waals surface area contributed by atoms with Crippen LogP contribution in [0.5, 0.6) is 0 Å². The Bertz CT molecular complexity index is 299. The van der Waals surface area contributed by atoms with Gasteiger partial charge in [-0.1, -0.05) is 48.5 Å². The zero-order valence-corrected chi connectivity index (χ0v) is 13.3. The zero-order chi connectivity index (χ0) is 14.1. The van der Waals surface area contributed by atoms with Gasteiger partial charge in [-0.05, 0) is 29.6 Å². The molecule has 1 aliphatic heterocycles. The van der Waals surface area contributed by atoms with Crippen LogP contribution in [0.2, 0.25) is 0 Å². The highest BCUT2D eigenvalue weighted by Gasteiger charge is 2.39. The number of likely N-dealkylation sites (tertiary alicyclic amines) is 1. The summed E-state index contributed by atoms with van der Waals surface area (Å²) in [4.78, 5) is 14.6. The summed E-state index contributed by atoms with van der Waals surface area (Å²) < 4.78 is 0. The van der Waals surface area contributed by atoms with E-state index >= 15 is 0 Å². The minimum absolute atomic E-state index is 0.168. The molecule has 0 N–H and O–H groups in total. The first-order valence-electron chi connectivity index (χ1n) is 7.32. The van der Waals surface area contributed by atoms with Crippen molar-refractivity contribution < 1.29 is 4.79 Å². The standard InChI is InChI=1S/C16H31NO/c1-12(2)10-13(15(3,4)5)17-9-8-16(6,7)11-14(17)18/h12-13H,8-11H2,1-7H3. The summed E-state index contributed by atoms with van der Waals surface area (Å²) in [7, 11) is 0. The molecule has 0 radical (unpaired) electrons. The first kappa shape index (κ1) is 15.5. The van der Waals surface area contributed by atoms with Crippen LogP contribution in [0, 0.1) is 16.7 Å². The van der Waals surface area contributed by atoms with E-state index in [0.29, 0.717) is 24.3 Å². The average molecular weight is 253 g/mol. The molecule has 1 unspecified atom stereocenters. The van der Waals surface area contributed by atoms with Crippen molar-refractivity contribution in [3.8, 4) is 0 Å². The van der Waals surface area contributed by atoms with E-state index in [-0.39, 0.29) is 10.8 Å². The summed E-state index contributed by atoms with van der Waals surface area (Å²) in [5.41, 5.74) is 0.356. The largest absolute Gasteiger partial charge is 0.339 e. The van der Waals surface area contributed by atoms with Crippen LogP contribution in [0.4, 0.5) is 0 Å².